The number of pyridine rings is 1. The summed E-state index contributed by atoms with van der Waals surface area (Å²) in [5, 5.41) is 9.51. The van der Waals surface area contributed by atoms with Crippen LogP contribution in [0.1, 0.15) is 11.1 Å². The summed E-state index contributed by atoms with van der Waals surface area (Å²) < 4.78 is 2.01. The molecule has 2 heterocycles. The summed E-state index contributed by atoms with van der Waals surface area (Å²) in [5.41, 5.74) is 10.1. The highest BCUT2D eigenvalue weighted by atomic mass is 79.9. The molecule has 2 N–H and O–H groups in total. The van der Waals surface area contributed by atoms with Gasteiger partial charge in [-0.2, -0.15) is 5.26 Å². The Morgan fingerprint density at radius 1 is 1.13 bits per heavy atom. The van der Waals surface area contributed by atoms with Crippen molar-refractivity contribution in [3.8, 4) is 27.8 Å². The zero-order valence-corrected chi connectivity index (χ0v) is 16.1. The van der Waals surface area contributed by atoms with Crippen molar-refractivity contribution in [2.24, 2.45) is 0 Å². The van der Waals surface area contributed by atoms with Gasteiger partial charge >= 0.3 is 0 Å². The fraction of sp³-hybridized carbons (Fsp3) is 0.0588. The van der Waals surface area contributed by atoms with Gasteiger partial charge in [0, 0.05) is 20.5 Å². The number of nitrogens with two attached hydrogens (primary N) is 1. The Morgan fingerprint density at radius 2 is 1.83 bits per heavy atom. The lowest BCUT2D eigenvalue weighted by atomic mass is 9.97. The van der Waals surface area contributed by atoms with E-state index in [0.717, 1.165) is 35.5 Å². The number of aromatic nitrogens is 1. The normalized spacial score (nSPS) is 10.5. The number of thiophene rings is 1. The monoisotopic (exact) mass is 447 g/mol. The Morgan fingerprint density at radius 3 is 2.39 bits per heavy atom. The molecule has 0 bridgehead atoms. The van der Waals surface area contributed by atoms with Crippen molar-refractivity contribution in [2.45, 2.75) is 6.92 Å². The molecule has 0 atom stereocenters. The Balaban J connectivity index is 2.30. The van der Waals surface area contributed by atoms with E-state index < -0.39 is 0 Å². The average Bonchev–Trinajstić information content (AvgIpc) is 2.95. The van der Waals surface area contributed by atoms with Gasteiger partial charge in [-0.3, -0.25) is 0 Å². The van der Waals surface area contributed by atoms with Gasteiger partial charge in [0.1, 0.15) is 17.5 Å². The molecular weight excluding hydrogens is 438 g/mol. The lowest BCUT2D eigenvalue weighted by Crippen LogP contribution is -2.02. The zero-order chi connectivity index (χ0) is 16.6. The van der Waals surface area contributed by atoms with Crippen molar-refractivity contribution in [3.05, 3.63) is 55.8 Å². The van der Waals surface area contributed by atoms with Gasteiger partial charge in [0.15, 0.2) is 0 Å². The summed E-state index contributed by atoms with van der Waals surface area (Å²) in [6, 6.07) is 14.1. The Bertz CT molecular complexity index is 924. The maximum absolute atomic E-state index is 9.51. The van der Waals surface area contributed by atoms with Gasteiger partial charge in [-0.15, -0.1) is 11.3 Å². The van der Waals surface area contributed by atoms with E-state index in [-0.39, 0.29) is 5.82 Å². The number of hydrogen-bond donors (Lipinski definition) is 1. The van der Waals surface area contributed by atoms with E-state index >= 15 is 0 Å². The molecule has 0 aliphatic carbocycles. The maximum Gasteiger partial charge on any atom is 0.142 e. The highest BCUT2D eigenvalue weighted by molar-refractivity contribution is 9.11. The number of benzene rings is 1. The second kappa shape index (κ2) is 6.44. The second-order valence-electron chi connectivity index (χ2n) is 4.94. The van der Waals surface area contributed by atoms with E-state index in [1.54, 1.807) is 11.3 Å². The molecule has 0 unspecified atom stereocenters. The van der Waals surface area contributed by atoms with Crippen LogP contribution in [-0.2, 0) is 0 Å². The molecule has 0 saturated carbocycles. The van der Waals surface area contributed by atoms with Gasteiger partial charge in [-0.05, 0) is 52.7 Å². The number of hydrogen-bond acceptors (Lipinski definition) is 4. The molecule has 0 fully saturated rings. The number of halogens is 2. The lowest BCUT2D eigenvalue weighted by molar-refractivity contribution is 1.26. The van der Waals surface area contributed by atoms with Crippen molar-refractivity contribution in [1.82, 2.24) is 4.98 Å². The number of anilines is 1. The van der Waals surface area contributed by atoms with Crippen LogP contribution in [0.15, 0.2) is 44.7 Å². The summed E-state index contributed by atoms with van der Waals surface area (Å²) in [7, 11) is 0. The van der Waals surface area contributed by atoms with Crippen LogP contribution in [0.25, 0.3) is 21.7 Å². The third-order valence-electron chi connectivity index (χ3n) is 3.52. The third kappa shape index (κ3) is 3.05. The van der Waals surface area contributed by atoms with E-state index in [1.807, 2.05) is 43.3 Å². The molecule has 6 heteroatoms. The summed E-state index contributed by atoms with van der Waals surface area (Å²) in [6.45, 7) is 1.98. The van der Waals surface area contributed by atoms with Crippen LogP contribution < -0.4 is 5.73 Å². The van der Waals surface area contributed by atoms with Crippen molar-refractivity contribution >= 4 is 49.0 Å². The van der Waals surface area contributed by atoms with Crippen LogP contribution >= 0.6 is 43.2 Å². The SMILES string of the molecule is Cc1c(-c2ccc(Br)cc2)nc(N)c(C#N)c1-c1ccc(Br)s1. The molecule has 3 rings (SSSR count). The highest BCUT2D eigenvalue weighted by Crippen LogP contribution is 2.40. The van der Waals surface area contributed by atoms with Gasteiger partial charge in [-0.25, -0.2) is 4.98 Å². The number of rotatable bonds is 2. The Kier molecular flexibility index (Phi) is 4.53. The van der Waals surface area contributed by atoms with Gasteiger partial charge < -0.3 is 5.73 Å². The number of nitrogen functional groups attached to an aromatic ring is 1. The first-order valence-electron chi connectivity index (χ1n) is 6.73. The van der Waals surface area contributed by atoms with Crippen molar-refractivity contribution in [3.63, 3.8) is 0 Å². The first kappa shape index (κ1) is 16.2. The van der Waals surface area contributed by atoms with E-state index in [0.29, 0.717) is 5.56 Å². The molecule has 0 aliphatic rings. The number of nitrogens with zero attached hydrogens (tertiary/aromatic N) is 2. The standard InChI is InChI=1S/C17H11Br2N3S/c1-9-15(13-6-7-14(19)23-13)12(8-20)17(21)22-16(9)10-2-4-11(18)5-3-10/h2-7H,1H3,(H2,21,22). The van der Waals surface area contributed by atoms with Crippen LogP contribution in [0.4, 0.5) is 5.82 Å². The van der Waals surface area contributed by atoms with Crippen LogP contribution in [0.2, 0.25) is 0 Å². The van der Waals surface area contributed by atoms with Crippen LogP contribution in [0.3, 0.4) is 0 Å². The summed E-state index contributed by atoms with van der Waals surface area (Å²) in [6.07, 6.45) is 0. The third-order valence-corrected chi connectivity index (χ3v) is 5.69. The molecule has 0 saturated heterocycles. The topological polar surface area (TPSA) is 62.7 Å². The summed E-state index contributed by atoms with van der Waals surface area (Å²) >= 11 is 8.48. The molecule has 0 radical (unpaired) electrons. The van der Waals surface area contributed by atoms with Crippen molar-refractivity contribution in [1.29, 1.82) is 5.26 Å². The predicted molar refractivity (Wildman–Crippen MR) is 102 cm³/mol. The van der Waals surface area contributed by atoms with Gasteiger partial charge in [0.05, 0.1) is 9.48 Å². The lowest BCUT2D eigenvalue weighted by Gasteiger charge is -2.14. The molecule has 114 valence electrons. The minimum Gasteiger partial charge on any atom is -0.383 e. The highest BCUT2D eigenvalue weighted by Gasteiger charge is 2.19. The van der Waals surface area contributed by atoms with Crippen molar-refractivity contribution in [2.75, 3.05) is 5.73 Å². The first-order valence-corrected chi connectivity index (χ1v) is 9.13. The predicted octanol–water partition coefficient (Wildman–Crippen LogP) is 5.76. The molecule has 0 aliphatic heterocycles. The fourth-order valence-electron chi connectivity index (χ4n) is 2.45. The van der Waals surface area contributed by atoms with Crippen LogP contribution in [0, 0.1) is 18.3 Å². The maximum atomic E-state index is 9.51. The summed E-state index contributed by atoms with van der Waals surface area (Å²) in [5.74, 6) is 0.260. The Labute approximate surface area is 155 Å². The van der Waals surface area contributed by atoms with Crippen LogP contribution in [0.5, 0.6) is 0 Å². The Hall–Kier alpha value is -1.68. The minimum absolute atomic E-state index is 0.260. The summed E-state index contributed by atoms with van der Waals surface area (Å²) in [4.78, 5) is 5.47. The molecular formula is C17H11Br2N3S. The molecule has 0 amide bonds. The minimum atomic E-state index is 0.260. The average molecular weight is 449 g/mol. The zero-order valence-electron chi connectivity index (χ0n) is 12.1. The van der Waals surface area contributed by atoms with E-state index in [1.165, 1.54) is 0 Å². The molecule has 0 spiro atoms. The smallest absolute Gasteiger partial charge is 0.142 e. The van der Waals surface area contributed by atoms with Gasteiger partial charge in [0.2, 0.25) is 0 Å². The molecule has 3 aromatic rings. The fourth-order valence-corrected chi connectivity index (χ4v) is 4.21. The second-order valence-corrected chi connectivity index (χ2v) is 8.32. The molecule has 3 nitrogen and oxygen atoms in total. The van der Waals surface area contributed by atoms with E-state index in [2.05, 4.69) is 42.9 Å². The first-order chi connectivity index (χ1) is 11.0. The molecule has 23 heavy (non-hydrogen) atoms. The quantitative estimate of drug-likeness (QED) is 0.541. The largest absolute Gasteiger partial charge is 0.383 e. The molecule has 2 aromatic heterocycles. The van der Waals surface area contributed by atoms with E-state index in [9.17, 15) is 5.26 Å². The van der Waals surface area contributed by atoms with Crippen LogP contribution in [-0.4, -0.2) is 4.98 Å². The van der Waals surface area contributed by atoms with Gasteiger partial charge in [-0.1, -0.05) is 28.1 Å². The van der Waals surface area contributed by atoms with Gasteiger partial charge in [0.25, 0.3) is 0 Å². The molecule has 1 aromatic carbocycles. The van der Waals surface area contributed by atoms with Crippen molar-refractivity contribution < 1.29 is 0 Å². The number of nitriles is 1. The van der Waals surface area contributed by atoms with E-state index in [4.69, 9.17) is 5.73 Å².